The lowest BCUT2D eigenvalue weighted by molar-refractivity contribution is 0.0814. The summed E-state index contributed by atoms with van der Waals surface area (Å²) in [5.74, 6) is 0. The van der Waals surface area contributed by atoms with Crippen molar-refractivity contribution in [1.29, 1.82) is 5.26 Å². The summed E-state index contributed by atoms with van der Waals surface area (Å²) in [6.07, 6.45) is 1.41. The van der Waals surface area contributed by atoms with Gasteiger partial charge in [-0.2, -0.15) is 10.4 Å². The first-order chi connectivity index (χ1) is 14.0. The van der Waals surface area contributed by atoms with Crippen LogP contribution in [0.2, 0.25) is 25.7 Å². The van der Waals surface area contributed by atoms with Gasteiger partial charge in [0.25, 0.3) is 0 Å². The van der Waals surface area contributed by atoms with Gasteiger partial charge in [-0.3, -0.25) is 0 Å². The molecular weight excluding hydrogens is 378 g/mol. The Hall–Kier alpha value is -3.08. The van der Waals surface area contributed by atoms with Crippen molar-refractivity contribution >= 4 is 29.9 Å². The van der Waals surface area contributed by atoms with Crippen LogP contribution in [-0.4, -0.2) is 34.4 Å². The van der Waals surface area contributed by atoms with E-state index in [4.69, 9.17) is 9.84 Å². The number of fused-ring (bicyclic) bond motifs is 2. The average Bonchev–Trinajstić information content (AvgIpc) is 3.09. The van der Waals surface area contributed by atoms with Crippen LogP contribution in [0.5, 0.6) is 0 Å². The van der Waals surface area contributed by atoms with E-state index in [1.54, 1.807) is 4.68 Å². The lowest BCUT2D eigenvalue weighted by Crippen LogP contribution is -2.22. The topological polar surface area (TPSA) is 76.6 Å². The number of ether oxygens (including phenoxy) is 1. The summed E-state index contributed by atoms with van der Waals surface area (Å²) in [5.41, 5.74) is 2.58. The van der Waals surface area contributed by atoms with Gasteiger partial charge in [0.05, 0.1) is 5.39 Å². The zero-order valence-electron chi connectivity index (χ0n) is 16.9. The first-order valence-corrected chi connectivity index (χ1v) is 13.4. The molecule has 29 heavy (non-hydrogen) atoms. The van der Waals surface area contributed by atoms with Crippen molar-refractivity contribution in [3.63, 3.8) is 0 Å². The maximum atomic E-state index is 9.59. The van der Waals surface area contributed by atoms with Crippen LogP contribution in [-0.2, 0) is 11.5 Å². The highest BCUT2D eigenvalue weighted by molar-refractivity contribution is 6.76. The van der Waals surface area contributed by atoms with E-state index in [0.717, 1.165) is 22.4 Å². The molecule has 6 nitrogen and oxygen atoms in total. The molecule has 0 N–H and O–H groups in total. The predicted octanol–water partition coefficient (Wildman–Crippen LogP) is 4.83. The van der Waals surface area contributed by atoms with E-state index in [1.807, 2.05) is 18.2 Å². The summed E-state index contributed by atoms with van der Waals surface area (Å²) in [5, 5.41) is 17.3. The van der Waals surface area contributed by atoms with Crippen molar-refractivity contribution in [2.75, 3.05) is 6.61 Å². The van der Waals surface area contributed by atoms with Crippen molar-refractivity contribution in [3.8, 4) is 17.3 Å². The fourth-order valence-corrected chi connectivity index (χ4v) is 4.01. The molecule has 0 aliphatic rings. The third-order valence-corrected chi connectivity index (χ3v) is 6.57. The Kier molecular flexibility index (Phi) is 5.13. The predicted molar refractivity (Wildman–Crippen MR) is 117 cm³/mol. The Bertz CT molecular complexity index is 1220. The first kappa shape index (κ1) is 19.2. The standard InChI is InChI=1S/C22H23N5OSi/c1-29(2,3)11-10-28-15-27-22-20(19(13-23)24-14-25-22)21(26-27)18-9-8-16-6-4-5-7-17(16)12-18/h4-9,12,14H,10-11,15H2,1-3H3. The van der Waals surface area contributed by atoms with Gasteiger partial charge >= 0.3 is 0 Å². The monoisotopic (exact) mass is 401 g/mol. The fourth-order valence-electron chi connectivity index (χ4n) is 3.25. The number of hydrogen-bond donors (Lipinski definition) is 0. The molecule has 0 radical (unpaired) electrons. The van der Waals surface area contributed by atoms with Crippen molar-refractivity contribution in [2.24, 2.45) is 0 Å². The molecule has 0 spiro atoms. The van der Waals surface area contributed by atoms with E-state index >= 15 is 0 Å². The first-order valence-electron chi connectivity index (χ1n) is 9.65. The molecule has 0 unspecified atom stereocenters. The van der Waals surface area contributed by atoms with Crippen LogP contribution in [0.1, 0.15) is 5.69 Å². The average molecular weight is 402 g/mol. The molecule has 0 amide bonds. The van der Waals surface area contributed by atoms with Gasteiger partial charge in [0.15, 0.2) is 11.3 Å². The van der Waals surface area contributed by atoms with E-state index in [1.165, 1.54) is 6.33 Å². The summed E-state index contributed by atoms with van der Waals surface area (Å²) in [6, 6.07) is 17.6. The molecule has 2 aromatic heterocycles. The number of aromatic nitrogens is 4. The van der Waals surface area contributed by atoms with Crippen LogP contribution < -0.4 is 0 Å². The molecule has 0 atom stereocenters. The highest BCUT2D eigenvalue weighted by Crippen LogP contribution is 2.30. The molecule has 4 aromatic rings. The van der Waals surface area contributed by atoms with E-state index in [0.29, 0.717) is 35.8 Å². The van der Waals surface area contributed by atoms with Gasteiger partial charge in [-0.05, 0) is 22.9 Å². The Morgan fingerprint density at radius 1 is 1.07 bits per heavy atom. The highest BCUT2D eigenvalue weighted by atomic mass is 28.3. The minimum atomic E-state index is -1.16. The largest absolute Gasteiger partial charge is 0.359 e. The number of nitriles is 1. The van der Waals surface area contributed by atoms with Crippen molar-refractivity contribution < 1.29 is 4.74 Å². The number of hydrogen-bond acceptors (Lipinski definition) is 5. The van der Waals surface area contributed by atoms with Crippen LogP contribution in [0.15, 0.2) is 48.8 Å². The number of benzene rings is 2. The Morgan fingerprint density at radius 3 is 2.62 bits per heavy atom. The van der Waals surface area contributed by atoms with Crippen molar-refractivity contribution in [1.82, 2.24) is 19.7 Å². The van der Waals surface area contributed by atoms with Crippen LogP contribution in [0.4, 0.5) is 0 Å². The number of nitrogens with zero attached hydrogens (tertiary/aromatic N) is 5. The van der Waals surface area contributed by atoms with Crippen LogP contribution in [0.3, 0.4) is 0 Å². The highest BCUT2D eigenvalue weighted by Gasteiger charge is 2.19. The Balaban J connectivity index is 1.76. The van der Waals surface area contributed by atoms with Gasteiger partial charge in [-0.1, -0.05) is 56.0 Å². The van der Waals surface area contributed by atoms with E-state index < -0.39 is 8.07 Å². The summed E-state index contributed by atoms with van der Waals surface area (Å²) < 4.78 is 7.62. The summed E-state index contributed by atoms with van der Waals surface area (Å²) in [7, 11) is -1.16. The molecule has 0 aliphatic heterocycles. The third kappa shape index (κ3) is 4.04. The zero-order chi connectivity index (χ0) is 20.4. The molecule has 146 valence electrons. The van der Waals surface area contributed by atoms with Gasteiger partial charge in [-0.25, -0.2) is 14.6 Å². The fraction of sp³-hybridized carbons (Fsp3) is 0.273. The molecule has 0 aliphatic carbocycles. The molecular formula is C22H23N5OSi. The second kappa shape index (κ2) is 7.74. The van der Waals surface area contributed by atoms with Crippen LogP contribution >= 0.6 is 0 Å². The molecule has 0 bridgehead atoms. The normalized spacial score (nSPS) is 11.8. The van der Waals surface area contributed by atoms with Crippen molar-refractivity contribution in [2.45, 2.75) is 32.4 Å². The molecule has 2 heterocycles. The molecule has 0 fully saturated rings. The minimum Gasteiger partial charge on any atom is -0.359 e. The Morgan fingerprint density at radius 2 is 1.86 bits per heavy atom. The van der Waals surface area contributed by atoms with Gasteiger partial charge in [0, 0.05) is 20.2 Å². The van der Waals surface area contributed by atoms with E-state index in [9.17, 15) is 5.26 Å². The van der Waals surface area contributed by atoms with E-state index in [-0.39, 0.29) is 0 Å². The lowest BCUT2D eigenvalue weighted by Gasteiger charge is -2.15. The lowest BCUT2D eigenvalue weighted by atomic mass is 10.0. The quantitative estimate of drug-likeness (QED) is 0.342. The zero-order valence-corrected chi connectivity index (χ0v) is 17.9. The van der Waals surface area contributed by atoms with Crippen LogP contribution in [0, 0.1) is 11.3 Å². The van der Waals surface area contributed by atoms with Gasteiger partial charge < -0.3 is 4.74 Å². The maximum absolute atomic E-state index is 9.59. The Labute approximate surface area is 170 Å². The maximum Gasteiger partial charge on any atom is 0.165 e. The smallest absolute Gasteiger partial charge is 0.165 e. The molecule has 2 aromatic carbocycles. The van der Waals surface area contributed by atoms with Gasteiger partial charge in [0.1, 0.15) is 24.8 Å². The molecule has 0 saturated carbocycles. The summed E-state index contributed by atoms with van der Waals surface area (Å²) in [4.78, 5) is 8.55. The molecule has 0 saturated heterocycles. The van der Waals surface area contributed by atoms with Gasteiger partial charge in [0.2, 0.25) is 0 Å². The third-order valence-electron chi connectivity index (χ3n) is 4.87. The molecule has 4 rings (SSSR count). The van der Waals surface area contributed by atoms with Gasteiger partial charge in [-0.15, -0.1) is 0 Å². The number of rotatable bonds is 6. The van der Waals surface area contributed by atoms with Crippen LogP contribution in [0.25, 0.3) is 33.1 Å². The summed E-state index contributed by atoms with van der Waals surface area (Å²) >= 11 is 0. The SMILES string of the molecule is C[Si](C)(C)CCOCn1nc(-c2ccc3ccccc3c2)c2c(C#N)ncnc21. The minimum absolute atomic E-state index is 0.302. The second-order valence-corrected chi connectivity index (χ2v) is 13.9. The summed E-state index contributed by atoms with van der Waals surface area (Å²) in [6.45, 7) is 7.97. The van der Waals surface area contributed by atoms with E-state index in [2.05, 4.69) is 59.9 Å². The second-order valence-electron chi connectivity index (χ2n) is 8.29. The van der Waals surface area contributed by atoms with Crippen molar-refractivity contribution in [3.05, 3.63) is 54.5 Å². The molecule has 7 heteroatoms.